The van der Waals surface area contributed by atoms with Crippen molar-refractivity contribution in [3.8, 4) is 5.75 Å². The molecule has 0 spiro atoms. The molecule has 3 heteroatoms. The van der Waals surface area contributed by atoms with E-state index in [4.69, 9.17) is 9.47 Å². The molecule has 0 N–H and O–H groups in total. The van der Waals surface area contributed by atoms with E-state index < -0.39 is 0 Å². The fraction of sp³-hybridized carbons (Fsp3) is 0.625. The van der Waals surface area contributed by atoms with Crippen LogP contribution in [0, 0.1) is 0 Å². The number of benzene rings is 1. The van der Waals surface area contributed by atoms with E-state index in [0.717, 1.165) is 25.3 Å². The Morgan fingerprint density at radius 1 is 1.11 bits per heavy atom. The zero-order valence-electron chi connectivity index (χ0n) is 12.7. The standard InChI is InChI=1S/C16H27NO2/c1-5-14(2)15-8-6-7-9-16(15)19-13-12-18-11-10-17(3)4/h6-9,14H,5,10-13H2,1-4H3/t14-/m0/s1. The van der Waals surface area contributed by atoms with E-state index in [1.807, 2.05) is 26.2 Å². The molecular weight excluding hydrogens is 238 g/mol. The molecule has 0 aliphatic rings. The third-order valence-electron chi connectivity index (χ3n) is 3.23. The molecule has 3 nitrogen and oxygen atoms in total. The van der Waals surface area contributed by atoms with E-state index >= 15 is 0 Å². The summed E-state index contributed by atoms with van der Waals surface area (Å²) in [6, 6.07) is 8.29. The Hall–Kier alpha value is -1.06. The monoisotopic (exact) mass is 265 g/mol. The summed E-state index contributed by atoms with van der Waals surface area (Å²) in [5.74, 6) is 1.53. The molecule has 0 unspecified atom stereocenters. The van der Waals surface area contributed by atoms with Gasteiger partial charge in [0.1, 0.15) is 12.4 Å². The molecule has 0 fully saturated rings. The van der Waals surface area contributed by atoms with Gasteiger partial charge in [0.2, 0.25) is 0 Å². The summed E-state index contributed by atoms with van der Waals surface area (Å²) in [6.45, 7) is 7.39. The Morgan fingerprint density at radius 3 is 2.53 bits per heavy atom. The second-order valence-electron chi connectivity index (χ2n) is 5.11. The molecule has 0 bridgehead atoms. The van der Waals surface area contributed by atoms with Crippen LogP contribution < -0.4 is 4.74 Å². The lowest BCUT2D eigenvalue weighted by Crippen LogP contribution is -2.19. The first-order valence-electron chi connectivity index (χ1n) is 7.09. The van der Waals surface area contributed by atoms with Gasteiger partial charge in [-0.25, -0.2) is 0 Å². The molecule has 108 valence electrons. The first-order chi connectivity index (χ1) is 9.15. The molecule has 0 aromatic heterocycles. The van der Waals surface area contributed by atoms with Gasteiger partial charge < -0.3 is 14.4 Å². The molecule has 19 heavy (non-hydrogen) atoms. The van der Waals surface area contributed by atoms with Gasteiger partial charge in [0.25, 0.3) is 0 Å². The van der Waals surface area contributed by atoms with Crippen LogP contribution in [0.25, 0.3) is 0 Å². The van der Waals surface area contributed by atoms with Gasteiger partial charge >= 0.3 is 0 Å². The van der Waals surface area contributed by atoms with E-state index in [2.05, 4.69) is 30.9 Å². The number of hydrogen-bond donors (Lipinski definition) is 0. The number of para-hydroxylation sites is 1. The highest BCUT2D eigenvalue weighted by Gasteiger charge is 2.08. The number of ether oxygens (including phenoxy) is 2. The van der Waals surface area contributed by atoms with Gasteiger partial charge in [-0.15, -0.1) is 0 Å². The van der Waals surface area contributed by atoms with E-state index in [1.165, 1.54) is 5.56 Å². The Balaban J connectivity index is 2.33. The summed E-state index contributed by atoms with van der Waals surface area (Å²) < 4.78 is 11.4. The normalized spacial score (nSPS) is 12.7. The topological polar surface area (TPSA) is 21.7 Å². The van der Waals surface area contributed by atoms with Crippen molar-refractivity contribution in [3.63, 3.8) is 0 Å². The lowest BCUT2D eigenvalue weighted by molar-refractivity contribution is 0.0886. The molecule has 0 aliphatic heterocycles. The molecule has 1 atom stereocenters. The summed E-state index contributed by atoms with van der Waals surface area (Å²) in [5, 5.41) is 0. The van der Waals surface area contributed by atoms with Crippen LogP contribution in [0.2, 0.25) is 0 Å². The van der Waals surface area contributed by atoms with E-state index in [9.17, 15) is 0 Å². The van der Waals surface area contributed by atoms with Crippen LogP contribution in [0.1, 0.15) is 31.7 Å². The lowest BCUT2D eigenvalue weighted by Gasteiger charge is -2.16. The number of likely N-dealkylation sites (N-methyl/N-ethyl adjacent to an activating group) is 1. The van der Waals surface area contributed by atoms with Crippen molar-refractivity contribution in [1.29, 1.82) is 0 Å². The van der Waals surface area contributed by atoms with Gasteiger partial charge in [-0.1, -0.05) is 32.0 Å². The molecule has 0 saturated heterocycles. The van der Waals surface area contributed by atoms with E-state index in [-0.39, 0.29) is 0 Å². The summed E-state index contributed by atoms with van der Waals surface area (Å²) in [6.07, 6.45) is 1.12. The molecule has 0 saturated carbocycles. The van der Waals surface area contributed by atoms with Crippen molar-refractivity contribution < 1.29 is 9.47 Å². The Bertz CT molecular complexity index is 352. The van der Waals surface area contributed by atoms with Crippen LogP contribution >= 0.6 is 0 Å². The van der Waals surface area contributed by atoms with E-state index in [0.29, 0.717) is 19.1 Å². The minimum Gasteiger partial charge on any atom is -0.491 e. The maximum Gasteiger partial charge on any atom is 0.122 e. The lowest BCUT2D eigenvalue weighted by atomic mass is 9.98. The fourth-order valence-electron chi connectivity index (χ4n) is 1.80. The minimum atomic E-state index is 0.533. The molecular formula is C16H27NO2. The zero-order valence-corrected chi connectivity index (χ0v) is 12.7. The predicted octanol–water partition coefficient (Wildman–Crippen LogP) is 3.16. The van der Waals surface area contributed by atoms with Crippen molar-refractivity contribution in [2.24, 2.45) is 0 Å². The highest BCUT2D eigenvalue weighted by molar-refractivity contribution is 5.35. The Morgan fingerprint density at radius 2 is 1.84 bits per heavy atom. The Kier molecular flexibility index (Phi) is 7.53. The van der Waals surface area contributed by atoms with Gasteiger partial charge in [-0.3, -0.25) is 0 Å². The Labute approximate surface area is 117 Å². The first kappa shape index (κ1) is 16.0. The summed E-state index contributed by atoms with van der Waals surface area (Å²) >= 11 is 0. The average Bonchev–Trinajstić information content (AvgIpc) is 2.42. The highest BCUT2D eigenvalue weighted by atomic mass is 16.5. The molecule has 1 rings (SSSR count). The fourth-order valence-corrected chi connectivity index (χ4v) is 1.80. The van der Waals surface area contributed by atoms with Gasteiger partial charge in [-0.2, -0.15) is 0 Å². The summed E-state index contributed by atoms with van der Waals surface area (Å²) in [5.41, 5.74) is 1.29. The van der Waals surface area contributed by atoms with Crippen molar-refractivity contribution in [2.75, 3.05) is 40.5 Å². The van der Waals surface area contributed by atoms with Crippen molar-refractivity contribution in [1.82, 2.24) is 4.90 Å². The van der Waals surface area contributed by atoms with Gasteiger partial charge in [0, 0.05) is 6.54 Å². The zero-order chi connectivity index (χ0) is 14.1. The van der Waals surface area contributed by atoms with Crippen molar-refractivity contribution >= 4 is 0 Å². The van der Waals surface area contributed by atoms with Crippen LogP contribution in [0.15, 0.2) is 24.3 Å². The second kappa shape index (κ2) is 8.94. The molecule has 1 aromatic rings. The van der Waals surface area contributed by atoms with Crippen molar-refractivity contribution in [2.45, 2.75) is 26.2 Å². The van der Waals surface area contributed by atoms with Crippen LogP contribution in [0.3, 0.4) is 0 Å². The number of nitrogens with zero attached hydrogens (tertiary/aromatic N) is 1. The van der Waals surface area contributed by atoms with Crippen LogP contribution in [-0.2, 0) is 4.74 Å². The first-order valence-corrected chi connectivity index (χ1v) is 7.09. The molecule has 1 aromatic carbocycles. The summed E-state index contributed by atoms with van der Waals surface area (Å²) in [4.78, 5) is 2.11. The minimum absolute atomic E-state index is 0.533. The number of rotatable bonds is 9. The third kappa shape index (κ3) is 6.08. The SMILES string of the molecule is CC[C@H](C)c1ccccc1OCCOCCN(C)C. The van der Waals surface area contributed by atoms with Gasteiger partial charge in [-0.05, 0) is 38.1 Å². The van der Waals surface area contributed by atoms with E-state index in [1.54, 1.807) is 0 Å². The highest BCUT2D eigenvalue weighted by Crippen LogP contribution is 2.28. The molecule has 0 radical (unpaired) electrons. The molecule has 0 amide bonds. The molecule has 0 aliphatic carbocycles. The maximum absolute atomic E-state index is 5.83. The second-order valence-corrected chi connectivity index (χ2v) is 5.11. The van der Waals surface area contributed by atoms with Crippen LogP contribution in [-0.4, -0.2) is 45.4 Å². The number of hydrogen-bond acceptors (Lipinski definition) is 3. The largest absolute Gasteiger partial charge is 0.491 e. The molecule has 0 heterocycles. The third-order valence-corrected chi connectivity index (χ3v) is 3.23. The predicted molar refractivity (Wildman–Crippen MR) is 80.0 cm³/mol. The smallest absolute Gasteiger partial charge is 0.122 e. The average molecular weight is 265 g/mol. The van der Waals surface area contributed by atoms with Crippen LogP contribution in [0.5, 0.6) is 5.75 Å². The van der Waals surface area contributed by atoms with Crippen LogP contribution in [0.4, 0.5) is 0 Å². The van der Waals surface area contributed by atoms with Gasteiger partial charge in [0.05, 0.1) is 13.2 Å². The maximum atomic E-state index is 5.83. The van der Waals surface area contributed by atoms with Crippen molar-refractivity contribution in [3.05, 3.63) is 29.8 Å². The quantitative estimate of drug-likeness (QED) is 0.640. The summed E-state index contributed by atoms with van der Waals surface area (Å²) in [7, 11) is 4.09. The van der Waals surface area contributed by atoms with Gasteiger partial charge in [0.15, 0.2) is 0 Å².